The second kappa shape index (κ2) is 7.19. The molecule has 2 rings (SSSR count). The molecule has 1 heterocycles. The van der Waals surface area contributed by atoms with Crippen molar-refractivity contribution in [1.82, 2.24) is 10.2 Å². The summed E-state index contributed by atoms with van der Waals surface area (Å²) in [7, 11) is 1.56. The lowest BCUT2D eigenvalue weighted by Gasteiger charge is -2.41. The largest absolute Gasteiger partial charge is 0.444 e. The number of benzene rings is 1. The molecule has 6 heteroatoms. The third-order valence-electron chi connectivity index (χ3n) is 3.68. The highest BCUT2D eigenvalue weighted by molar-refractivity contribution is 5.83. The van der Waals surface area contributed by atoms with Crippen LogP contribution in [-0.2, 0) is 19.1 Å². The summed E-state index contributed by atoms with van der Waals surface area (Å²) >= 11 is 0. The molecule has 0 radical (unpaired) electrons. The molecular weight excluding hydrogens is 272 g/mol. The van der Waals surface area contributed by atoms with Gasteiger partial charge in [-0.25, -0.2) is 4.90 Å². The molecule has 1 fully saturated rings. The van der Waals surface area contributed by atoms with Crippen LogP contribution in [0.3, 0.4) is 0 Å². The van der Waals surface area contributed by atoms with Crippen molar-refractivity contribution in [3.8, 4) is 0 Å². The van der Waals surface area contributed by atoms with Gasteiger partial charge in [0.15, 0.2) is 6.23 Å². The van der Waals surface area contributed by atoms with Crippen molar-refractivity contribution in [1.29, 1.82) is 0 Å². The van der Waals surface area contributed by atoms with Gasteiger partial charge in [-0.1, -0.05) is 30.3 Å². The van der Waals surface area contributed by atoms with E-state index in [4.69, 9.17) is 9.47 Å². The van der Waals surface area contributed by atoms with Gasteiger partial charge in [-0.2, -0.15) is 0 Å². The Labute approximate surface area is 124 Å². The van der Waals surface area contributed by atoms with Crippen LogP contribution < -0.4 is 5.32 Å². The smallest absolute Gasteiger partial charge is 0.294 e. The van der Waals surface area contributed by atoms with E-state index in [-0.39, 0.29) is 12.0 Å². The van der Waals surface area contributed by atoms with Crippen LogP contribution in [0.15, 0.2) is 30.3 Å². The number of rotatable bonds is 6. The molecular formula is C15H20N2O4. The first kappa shape index (κ1) is 15.5. The van der Waals surface area contributed by atoms with Gasteiger partial charge >= 0.3 is 0 Å². The molecule has 1 aromatic carbocycles. The Hall–Kier alpha value is -1.92. The van der Waals surface area contributed by atoms with E-state index >= 15 is 0 Å². The highest BCUT2D eigenvalue weighted by Gasteiger charge is 2.39. The molecule has 3 atom stereocenters. The summed E-state index contributed by atoms with van der Waals surface area (Å²) in [6.07, 6.45) is -0.913. The van der Waals surface area contributed by atoms with E-state index in [0.717, 1.165) is 5.56 Å². The van der Waals surface area contributed by atoms with Crippen LogP contribution in [0.4, 0.5) is 0 Å². The van der Waals surface area contributed by atoms with Gasteiger partial charge < -0.3 is 14.8 Å². The van der Waals surface area contributed by atoms with Crippen LogP contribution in [0.1, 0.15) is 18.7 Å². The van der Waals surface area contributed by atoms with Crippen LogP contribution in [0.5, 0.6) is 0 Å². The number of ether oxygens (including phenoxy) is 2. The first-order valence-corrected chi connectivity index (χ1v) is 6.89. The molecule has 0 aromatic heterocycles. The lowest BCUT2D eigenvalue weighted by Crippen LogP contribution is -2.60. The maximum atomic E-state index is 12.2. The summed E-state index contributed by atoms with van der Waals surface area (Å²) in [6.45, 7) is 3.33. The number of nitrogens with zero attached hydrogens (tertiary/aromatic N) is 1. The predicted octanol–water partition coefficient (Wildman–Crippen LogP) is 0.693. The molecule has 0 aliphatic carbocycles. The van der Waals surface area contributed by atoms with Crippen molar-refractivity contribution < 1.29 is 19.1 Å². The van der Waals surface area contributed by atoms with Gasteiger partial charge in [0.2, 0.25) is 5.91 Å². The predicted molar refractivity (Wildman–Crippen MR) is 76.3 cm³/mol. The molecule has 6 nitrogen and oxygen atoms in total. The van der Waals surface area contributed by atoms with Gasteiger partial charge in [0.1, 0.15) is 6.04 Å². The summed E-state index contributed by atoms with van der Waals surface area (Å²) in [6, 6.07) is 8.86. The summed E-state index contributed by atoms with van der Waals surface area (Å²) in [5.74, 6) is -0.119. The Morgan fingerprint density at radius 3 is 2.71 bits per heavy atom. The Balaban J connectivity index is 2.32. The standard InChI is InChI=1S/C15H20N2O4/c1-11(20-2)13-14(19)16-8-9-17(13)15(21-10-18)12-6-4-3-5-7-12/h3-7,10-11,13,15H,8-9H2,1-2H3,(H,16,19). The van der Waals surface area contributed by atoms with Crippen LogP contribution in [-0.4, -0.2) is 49.6 Å². The van der Waals surface area contributed by atoms with Crippen molar-refractivity contribution in [2.45, 2.75) is 25.3 Å². The van der Waals surface area contributed by atoms with Crippen molar-refractivity contribution in [3.05, 3.63) is 35.9 Å². The SMILES string of the molecule is COC(C)C1C(=O)NCCN1C(OC=O)c1ccccc1. The number of hydrogen-bond donors (Lipinski definition) is 1. The number of carbonyl (C=O) groups is 2. The van der Waals surface area contributed by atoms with Crippen molar-refractivity contribution >= 4 is 12.4 Å². The first-order valence-electron chi connectivity index (χ1n) is 6.89. The lowest BCUT2D eigenvalue weighted by atomic mass is 10.0. The van der Waals surface area contributed by atoms with E-state index < -0.39 is 12.3 Å². The number of nitrogens with one attached hydrogen (secondary N) is 1. The molecule has 0 bridgehead atoms. The molecule has 1 amide bonds. The Bertz CT molecular complexity index is 480. The van der Waals surface area contributed by atoms with Crippen molar-refractivity contribution in [2.24, 2.45) is 0 Å². The fourth-order valence-corrected chi connectivity index (χ4v) is 2.60. The third kappa shape index (κ3) is 3.40. The molecule has 3 unspecified atom stereocenters. The molecule has 0 saturated carbocycles. The number of piperazine rings is 1. The molecule has 1 N–H and O–H groups in total. The average Bonchev–Trinajstić information content (AvgIpc) is 2.52. The normalized spacial score (nSPS) is 22.2. The zero-order chi connectivity index (χ0) is 15.2. The van der Waals surface area contributed by atoms with Crippen LogP contribution in [0.25, 0.3) is 0 Å². The van der Waals surface area contributed by atoms with Crippen LogP contribution in [0, 0.1) is 0 Å². The Kier molecular flexibility index (Phi) is 5.30. The number of methoxy groups -OCH3 is 1. The number of amides is 1. The van der Waals surface area contributed by atoms with E-state index in [2.05, 4.69) is 5.32 Å². The van der Waals surface area contributed by atoms with Crippen LogP contribution >= 0.6 is 0 Å². The Morgan fingerprint density at radius 2 is 2.10 bits per heavy atom. The number of carbonyl (C=O) groups excluding carboxylic acids is 2. The van der Waals surface area contributed by atoms with Gasteiger partial charge in [-0.05, 0) is 6.92 Å². The van der Waals surface area contributed by atoms with Gasteiger partial charge in [0.05, 0.1) is 6.10 Å². The Morgan fingerprint density at radius 1 is 1.38 bits per heavy atom. The molecule has 1 aliphatic heterocycles. The quantitative estimate of drug-likeness (QED) is 0.782. The molecule has 114 valence electrons. The van der Waals surface area contributed by atoms with E-state index in [9.17, 15) is 9.59 Å². The molecule has 1 aliphatic rings. The van der Waals surface area contributed by atoms with Crippen molar-refractivity contribution in [2.75, 3.05) is 20.2 Å². The molecule has 0 spiro atoms. The van der Waals surface area contributed by atoms with Gasteiger partial charge in [0, 0.05) is 25.8 Å². The highest BCUT2D eigenvalue weighted by Crippen LogP contribution is 2.26. The maximum Gasteiger partial charge on any atom is 0.294 e. The van der Waals surface area contributed by atoms with Crippen LogP contribution in [0.2, 0.25) is 0 Å². The monoisotopic (exact) mass is 292 g/mol. The third-order valence-corrected chi connectivity index (χ3v) is 3.68. The minimum absolute atomic E-state index is 0.119. The molecule has 21 heavy (non-hydrogen) atoms. The minimum Gasteiger partial charge on any atom is -0.444 e. The zero-order valence-corrected chi connectivity index (χ0v) is 12.2. The highest BCUT2D eigenvalue weighted by atomic mass is 16.5. The van der Waals surface area contributed by atoms with E-state index in [1.807, 2.05) is 42.2 Å². The summed E-state index contributed by atoms with van der Waals surface area (Å²) in [5, 5.41) is 2.82. The summed E-state index contributed by atoms with van der Waals surface area (Å²) in [4.78, 5) is 24.9. The van der Waals surface area contributed by atoms with E-state index in [0.29, 0.717) is 19.6 Å². The van der Waals surface area contributed by atoms with Gasteiger partial charge in [-0.3, -0.25) is 9.59 Å². The summed E-state index contributed by atoms with van der Waals surface area (Å²) < 4.78 is 10.6. The minimum atomic E-state index is -0.600. The topological polar surface area (TPSA) is 67.9 Å². The van der Waals surface area contributed by atoms with E-state index in [1.54, 1.807) is 7.11 Å². The molecule has 1 saturated heterocycles. The van der Waals surface area contributed by atoms with Crippen molar-refractivity contribution in [3.63, 3.8) is 0 Å². The fourth-order valence-electron chi connectivity index (χ4n) is 2.60. The summed E-state index contributed by atoms with van der Waals surface area (Å²) in [5.41, 5.74) is 0.826. The van der Waals surface area contributed by atoms with Gasteiger partial charge in [-0.15, -0.1) is 0 Å². The maximum absolute atomic E-state index is 12.2. The number of hydrogen-bond acceptors (Lipinski definition) is 5. The molecule has 1 aromatic rings. The fraction of sp³-hybridized carbons (Fsp3) is 0.467. The first-order chi connectivity index (χ1) is 10.2. The van der Waals surface area contributed by atoms with E-state index in [1.165, 1.54) is 0 Å². The average molecular weight is 292 g/mol. The van der Waals surface area contributed by atoms with Gasteiger partial charge in [0.25, 0.3) is 6.47 Å². The zero-order valence-electron chi connectivity index (χ0n) is 12.2. The second-order valence-electron chi connectivity index (χ2n) is 4.91. The lowest BCUT2D eigenvalue weighted by molar-refractivity contribution is -0.161. The second-order valence-corrected chi connectivity index (χ2v) is 4.91.